The minimum Gasteiger partial charge on any atom is -0.469 e. The van der Waals surface area contributed by atoms with Crippen LogP contribution in [-0.4, -0.2) is 31.9 Å². The van der Waals surface area contributed by atoms with Crippen LogP contribution in [0.25, 0.3) is 0 Å². The first-order valence-corrected chi connectivity index (χ1v) is 14.9. The molecule has 0 bridgehead atoms. The Bertz CT molecular complexity index is 997. The largest absolute Gasteiger partial charge is 0.469 e. The molecule has 0 unspecified atom stereocenters. The molecule has 5 nitrogen and oxygen atoms in total. The molecule has 0 aliphatic heterocycles. The van der Waals surface area contributed by atoms with E-state index < -0.39 is 0 Å². The maximum absolute atomic E-state index is 12.3. The average Bonchev–Trinajstić information content (AvgIpc) is 3.48. The molecule has 212 valence electrons. The molecule has 4 rings (SSSR count). The quantitative estimate of drug-likeness (QED) is 0.123. The highest BCUT2D eigenvalue weighted by Gasteiger charge is 2.80. The van der Waals surface area contributed by atoms with Crippen LogP contribution in [0.3, 0.4) is 0 Å². The van der Waals surface area contributed by atoms with Crippen molar-refractivity contribution in [2.45, 2.75) is 105 Å². The SMILES string of the molecule is C=C(COC(C)=O)[C@@H]1CC[C@@H]2[C@]3(CC[C@]4(C)[C@@H]([C@H](C)CC/C=C(\C)C=O)CC[C@@]24C)C[C@]13CCC(=O)OC. The number of ether oxygens (including phenoxy) is 2. The standard InChI is InChI=1S/C33H50O5/c1-22(19-34)9-8-10-23(2)26-13-15-31(6)28-12-11-27(24(3)20-38-25(4)35)32(16-14-29(36)37-7)21-33(28,32)18-17-30(26,31)5/h9,19,23,26-28H,3,8,10-18,20-21H2,1-2,4-7H3/b22-9+/t23-,26-,27+,28+,30-,31+,32-,33+/m1/s1. The minimum absolute atomic E-state index is 0.0620. The van der Waals surface area contributed by atoms with Gasteiger partial charge in [0.1, 0.15) is 12.9 Å². The van der Waals surface area contributed by atoms with Crippen LogP contribution in [0.2, 0.25) is 0 Å². The highest BCUT2D eigenvalue weighted by atomic mass is 16.5. The second-order valence-corrected chi connectivity index (χ2v) is 13.8. The Hall–Kier alpha value is -1.91. The molecule has 0 aromatic rings. The molecule has 0 saturated heterocycles. The average molecular weight is 527 g/mol. The zero-order chi connectivity index (χ0) is 27.9. The molecular weight excluding hydrogens is 476 g/mol. The number of rotatable bonds is 11. The van der Waals surface area contributed by atoms with Crippen LogP contribution >= 0.6 is 0 Å². The molecule has 4 aliphatic rings. The molecule has 8 atom stereocenters. The van der Waals surface area contributed by atoms with Gasteiger partial charge in [0.05, 0.1) is 7.11 Å². The van der Waals surface area contributed by atoms with E-state index >= 15 is 0 Å². The van der Waals surface area contributed by atoms with E-state index in [0.717, 1.165) is 49.5 Å². The van der Waals surface area contributed by atoms with Crippen molar-refractivity contribution >= 4 is 18.2 Å². The van der Waals surface area contributed by atoms with Gasteiger partial charge < -0.3 is 9.47 Å². The Kier molecular flexibility index (Phi) is 8.10. The maximum atomic E-state index is 12.3. The van der Waals surface area contributed by atoms with E-state index in [1.54, 1.807) is 0 Å². The summed E-state index contributed by atoms with van der Waals surface area (Å²) in [7, 11) is 1.48. The van der Waals surface area contributed by atoms with Gasteiger partial charge in [-0.15, -0.1) is 0 Å². The summed E-state index contributed by atoms with van der Waals surface area (Å²) in [5, 5.41) is 0. The Morgan fingerprint density at radius 3 is 2.47 bits per heavy atom. The fraction of sp³-hybridized carbons (Fsp3) is 0.788. The van der Waals surface area contributed by atoms with Gasteiger partial charge in [0.2, 0.25) is 0 Å². The number of carbonyl (C=O) groups is 3. The summed E-state index contributed by atoms with van der Waals surface area (Å²) in [6.07, 6.45) is 14.9. The van der Waals surface area contributed by atoms with E-state index in [-0.39, 0.29) is 34.8 Å². The lowest BCUT2D eigenvalue weighted by Crippen LogP contribution is -2.54. The van der Waals surface area contributed by atoms with E-state index in [9.17, 15) is 14.4 Å². The number of methoxy groups -OCH3 is 1. The summed E-state index contributed by atoms with van der Waals surface area (Å²) in [5.74, 6) is 1.88. The predicted molar refractivity (Wildman–Crippen MR) is 149 cm³/mol. The van der Waals surface area contributed by atoms with Gasteiger partial charge >= 0.3 is 11.9 Å². The first kappa shape index (κ1) is 29.1. The Morgan fingerprint density at radius 1 is 1.08 bits per heavy atom. The van der Waals surface area contributed by atoms with E-state index in [1.807, 2.05) is 6.92 Å². The molecule has 0 heterocycles. The van der Waals surface area contributed by atoms with Crippen LogP contribution < -0.4 is 0 Å². The van der Waals surface area contributed by atoms with Gasteiger partial charge in [0.15, 0.2) is 0 Å². The lowest BCUT2D eigenvalue weighted by molar-refractivity contribution is -0.143. The van der Waals surface area contributed by atoms with Crippen molar-refractivity contribution in [2.24, 2.45) is 45.3 Å². The van der Waals surface area contributed by atoms with Gasteiger partial charge in [-0.25, -0.2) is 0 Å². The van der Waals surface area contributed by atoms with Crippen molar-refractivity contribution in [3.05, 3.63) is 23.8 Å². The molecule has 4 aliphatic carbocycles. The van der Waals surface area contributed by atoms with Crippen molar-refractivity contribution in [1.82, 2.24) is 0 Å². The molecule has 4 saturated carbocycles. The van der Waals surface area contributed by atoms with Crippen LogP contribution in [0.1, 0.15) is 105 Å². The lowest BCUT2D eigenvalue weighted by atomic mass is 9.43. The Morgan fingerprint density at radius 2 is 1.82 bits per heavy atom. The summed E-state index contributed by atoms with van der Waals surface area (Å²) < 4.78 is 10.5. The summed E-state index contributed by atoms with van der Waals surface area (Å²) >= 11 is 0. The number of aldehydes is 1. The maximum Gasteiger partial charge on any atom is 0.305 e. The van der Waals surface area contributed by atoms with Crippen LogP contribution in [-0.2, 0) is 23.9 Å². The van der Waals surface area contributed by atoms with Crippen molar-refractivity contribution in [2.75, 3.05) is 13.7 Å². The molecule has 0 radical (unpaired) electrons. The van der Waals surface area contributed by atoms with E-state index in [4.69, 9.17) is 9.47 Å². The molecule has 0 aromatic carbocycles. The molecule has 4 fully saturated rings. The number of allylic oxidation sites excluding steroid dienone is 2. The number of fused-ring (bicyclic) bond motifs is 2. The zero-order valence-corrected chi connectivity index (χ0v) is 24.7. The van der Waals surface area contributed by atoms with Crippen LogP contribution in [0.5, 0.6) is 0 Å². The minimum atomic E-state index is -0.266. The fourth-order valence-corrected chi connectivity index (χ4v) is 10.4. The van der Waals surface area contributed by atoms with Gasteiger partial charge in [0, 0.05) is 13.3 Å². The fourth-order valence-electron chi connectivity index (χ4n) is 10.4. The topological polar surface area (TPSA) is 69.7 Å². The van der Waals surface area contributed by atoms with Crippen molar-refractivity contribution in [3.8, 4) is 0 Å². The number of hydrogen-bond acceptors (Lipinski definition) is 5. The van der Waals surface area contributed by atoms with E-state index in [1.165, 1.54) is 46.1 Å². The van der Waals surface area contributed by atoms with Gasteiger partial charge in [-0.2, -0.15) is 0 Å². The third-order valence-corrected chi connectivity index (χ3v) is 12.5. The van der Waals surface area contributed by atoms with Crippen molar-refractivity contribution in [1.29, 1.82) is 0 Å². The van der Waals surface area contributed by atoms with Crippen LogP contribution in [0, 0.1) is 45.3 Å². The molecule has 5 heteroatoms. The van der Waals surface area contributed by atoms with E-state index in [2.05, 4.69) is 33.4 Å². The molecule has 0 aromatic heterocycles. The smallest absolute Gasteiger partial charge is 0.305 e. The number of hydrogen-bond donors (Lipinski definition) is 0. The molecule has 1 spiro atoms. The third kappa shape index (κ3) is 4.50. The second kappa shape index (κ2) is 10.6. The normalized spacial score (nSPS) is 40.3. The van der Waals surface area contributed by atoms with Crippen LogP contribution in [0.15, 0.2) is 23.8 Å². The third-order valence-electron chi connectivity index (χ3n) is 12.5. The Balaban J connectivity index is 1.58. The highest BCUT2D eigenvalue weighted by molar-refractivity contribution is 5.72. The van der Waals surface area contributed by atoms with Gasteiger partial charge in [0.25, 0.3) is 0 Å². The summed E-state index contributed by atoms with van der Waals surface area (Å²) in [4.78, 5) is 34.9. The first-order chi connectivity index (χ1) is 17.9. The predicted octanol–water partition coefficient (Wildman–Crippen LogP) is 7.24. The van der Waals surface area contributed by atoms with Crippen molar-refractivity contribution < 1.29 is 23.9 Å². The monoisotopic (exact) mass is 526 g/mol. The van der Waals surface area contributed by atoms with Gasteiger partial charge in [-0.3, -0.25) is 14.4 Å². The first-order valence-electron chi connectivity index (χ1n) is 14.9. The highest BCUT2D eigenvalue weighted by Crippen LogP contribution is 2.87. The molecule has 0 N–H and O–H groups in total. The number of esters is 2. The zero-order valence-electron chi connectivity index (χ0n) is 24.7. The van der Waals surface area contributed by atoms with Crippen LogP contribution in [0.4, 0.5) is 0 Å². The summed E-state index contributed by atoms with van der Waals surface area (Å²) in [6, 6.07) is 0. The van der Waals surface area contributed by atoms with E-state index in [0.29, 0.717) is 35.5 Å². The molecule has 0 amide bonds. The summed E-state index contributed by atoms with van der Waals surface area (Å²) in [6.45, 7) is 15.7. The van der Waals surface area contributed by atoms with Crippen molar-refractivity contribution in [3.63, 3.8) is 0 Å². The lowest BCUT2D eigenvalue weighted by Gasteiger charge is -2.61. The van der Waals surface area contributed by atoms with Gasteiger partial charge in [-0.1, -0.05) is 33.4 Å². The summed E-state index contributed by atoms with van der Waals surface area (Å²) in [5.41, 5.74) is 2.77. The van der Waals surface area contributed by atoms with Gasteiger partial charge in [-0.05, 0) is 128 Å². The molecule has 38 heavy (non-hydrogen) atoms. The Labute approximate surface area is 230 Å². The number of carbonyl (C=O) groups excluding carboxylic acids is 3. The molecular formula is C33H50O5. The second-order valence-electron chi connectivity index (χ2n) is 13.8.